The van der Waals surface area contributed by atoms with Gasteiger partial charge < -0.3 is 0 Å². The van der Waals surface area contributed by atoms with E-state index in [0.717, 1.165) is 8.66 Å². The zero-order chi connectivity index (χ0) is 10.8. The Morgan fingerprint density at radius 3 is 2.71 bits per heavy atom. The van der Waals surface area contributed by atoms with Crippen molar-refractivity contribution in [2.45, 2.75) is 11.8 Å². The van der Waals surface area contributed by atoms with E-state index in [1.165, 1.54) is 11.3 Å². The number of hydrogen-bond acceptors (Lipinski definition) is 3. The number of nitrogens with one attached hydrogen (secondary N) is 1. The maximum Gasteiger partial charge on any atom is 0.241 e. The second kappa shape index (κ2) is 4.94. The van der Waals surface area contributed by atoms with Crippen molar-refractivity contribution >= 4 is 48.9 Å². The third-order valence-electron chi connectivity index (χ3n) is 1.52. The molecule has 0 unspecified atom stereocenters. The molecule has 1 N–H and O–H groups in total. The number of sulfonamides is 1. The first-order valence-electron chi connectivity index (χ1n) is 3.79. The van der Waals surface area contributed by atoms with E-state index in [0.29, 0.717) is 4.90 Å². The summed E-state index contributed by atoms with van der Waals surface area (Å²) in [6.07, 6.45) is 0. The molecule has 1 aromatic heterocycles. The van der Waals surface area contributed by atoms with Crippen LogP contribution in [0.25, 0.3) is 0 Å². The fourth-order valence-electron chi connectivity index (χ4n) is 0.948. The highest BCUT2D eigenvalue weighted by molar-refractivity contribution is 9.11. The summed E-state index contributed by atoms with van der Waals surface area (Å²) >= 11 is 10.0. The van der Waals surface area contributed by atoms with Crippen LogP contribution in [0.2, 0.25) is 0 Å². The molecule has 80 valence electrons. The number of halogens is 2. The lowest BCUT2D eigenvalue weighted by atomic mass is 10.5. The van der Waals surface area contributed by atoms with Gasteiger partial charge in [0.1, 0.15) is 0 Å². The van der Waals surface area contributed by atoms with Gasteiger partial charge in [-0.25, -0.2) is 13.1 Å². The van der Waals surface area contributed by atoms with Crippen LogP contribution in [-0.2, 0) is 10.0 Å². The van der Waals surface area contributed by atoms with Gasteiger partial charge in [-0.05, 0) is 28.9 Å². The lowest BCUT2D eigenvalue weighted by molar-refractivity contribution is 0.584. The zero-order valence-electron chi connectivity index (χ0n) is 7.38. The summed E-state index contributed by atoms with van der Waals surface area (Å²) < 4.78 is 26.5. The van der Waals surface area contributed by atoms with Gasteiger partial charge in [-0.3, -0.25) is 0 Å². The van der Waals surface area contributed by atoms with Gasteiger partial charge in [0, 0.05) is 17.3 Å². The first-order valence-corrected chi connectivity index (χ1v) is 7.41. The van der Waals surface area contributed by atoms with E-state index in [2.05, 4.69) is 20.7 Å². The summed E-state index contributed by atoms with van der Waals surface area (Å²) in [4.78, 5) is 1.08. The van der Waals surface area contributed by atoms with Crippen LogP contribution in [0.15, 0.2) is 14.7 Å². The number of rotatable bonds is 4. The maximum absolute atomic E-state index is 11.6. The Kier molecular flexibility index (Phi) is 4.39. The third-order valence-corrected chi connectivity index (χ3v) is 4.98. The van der Waals surface area contributed by atoms with Crippen LogP contribution in [0.5, 0.6) is 0 Å². The highest BCUT2D eigenvalue weighted by Crippen LogP contribution is 2.29. The largest absolute Gasteiger partial charge is 0.241 e. The van der Waals surface area contributed by atoms with E-state index in [1.54, 1.807) is 13.0 Å². The maximum atomic E-state index is 11.6. The van der Waals surface area contributed by atoms with Crippen LogP contribution in [0.1, 0.15) is 4.88 Å². The van der Waals surface area contributed by atoms with Gasteiger partial charge in [0.2, 0.25) is 10.0 Å². The molecule has 0 aliphatic rings. The van der Waals surface area contributed by atoms with Gasteiger partial charge >= 0.3 is 0 Å². The molecule has 14 heavy (non-hydrogen) atoms. The van der Waals surface area contributed by atoms with Crippen molar-refractivity contribution in [1.82, 2.24) is 4.72 Å². The van der Waals surface area contributed by atoms with E-state index in [9.17, 15) is 8.42 Å². The van der Waals surface area contributed by atoms with Crippen molar-refractivity contribution in [2.75, 3.05) is 12.4 Å². The standard InChI is InChI=1S/C7H9BrClNO2S2/c1-5-6(4-7(8)13-5)14(11,12)10-3-2-9/h4,10H,2-3H2,1H3. The second-order valence-electron chi connectivity index (χ2n) is 2.56. The minimum Gasteiger partial charge on any atom is -0.210 e. The number of aryl methyl sites for hydroxylation is 1. The molecule has 1 rings (SSSR count). The Labute approximate surface area is 101 Å². The van der Waals surface area contributed by atoms with E-state index in [-0.39, 0.29) is 12.4 Å². The SMILES string of the molecule is Cc1sc(Br)cc1S(=O)(=O)NCCCl. The smallest absolute Gasteiger partial charge is 0.210 e. The fourth-order valence-corrected chi connectivity index (χ4v) is 4.60. The summed E-state index contributed by atoms with van der Waals surface area (Å²) in [6, 6.07) is 1.59. The molecule has 0 aliphatic carbocycles. The van der Waals surface area contributed by atoms with Crippen molar-refractivity contribution in [3.63, 3.8) is 0 Å². The molecule has 7 heteroatoms. The Hall–Kier alpha value is 0.380. The Bertz CT molecular complexity index is 415. The van der Waals surface area contributed by atoms with Crippen LogP contribution < -0.4 is 4.72 Å². The van der Waals surface area contributed by atoms with Crippen LogP contribution >= 0.6 is 38.9 Å². The van der Waals surface area contributed by atoms with Crippen LogP contribution in [-0.4, -0.2) is 20.8 Å². The molecule has 0 saturated heterocycles. The van der Waals surface area contributed by atoms with Crippen LogP contribution in [0, 0.1) is 6.92 Å². The number of thiophene rings is 1. The van der Waals surface area contributed by atoms with Crippen molar-refractivity contribution in [3.8, 4) is 0 Å². The summed E-state index contributed by atoms with van der Waals surface area (Å²) in [5, 5.41) is 0. The van der Waals surface area contributed by atoms with E-state index >= 15 is 0 Å². The molecular formula is C7H9BrClNO2S2. The summed E-state index contributed by atoms with van der Waals surface area (Å²) in [6.45, 7) is 2.02. The van der Waals surface area contributed by atoms with Gasteiger partial charge in [0.05, 0.1) is 8.68 Å². The average molecular weight is 319 g/mol. The van der Waals surface area contributed by atoms with Gasteiger partial charge in [-0.1, -0.05) is 0 Å². The van der Waals surface area contributed by atoms with Crippen molar-refractivity contribution in [2.24, 2.45) is 0 Å². The fraction of sp³-hybridized carbons (Fsp3) is 0.429. The Balaban J connectivity index is 2.98. The summed E-state index contributed by atoms with van der Waals surface area (Å²) in [5.74, 6) is 0.267. The predicted octanol–water partition coefficient (Wildman–Crippen LogP) is 2.34. The molecule has 0 aliphatic heterocycles. The van der Waals surface area contributed by atoms with Crippen molar-refractivity contribution < 1.29 is 8.42 Å². The second-order valence-corrected chi connectivity index (χ2v) is 7.31. The van der Waals surface area contributed by atoms with Gasteiger partial charge in [0.15, 0.2) is 0 Å². The van der Waals surface area contributed by atoms with E-state index in [1.807, 2.05) is 0 Å². The molecule has 1 heterocycles. The van der Waals surface area contributed by atoms with E-state index < -0.39 is 10.0 Å². The molecule has 0 saturated carbocycles. The molecule has 0 amide bonds. The van der Waals surface area contributed by atoms with Gasteiger partial charge in [0.25, 0.3) is 0 Å². The minimum atomic E-state index is -3.39. The molecule has 0 aromatic carbocycles. The molecule has 0 atom stereocenters. The third kappa shape index (κ3) is 2.93. The summed E-state index contributed by atoms with van der Waals surface area (Å²) in [7, 11) is -3.39. The lowest BCUT2D eigenvalue weighted by Gasteiger charge is -2.03. The quantitative estimate of drug-likeness (QED) is 0.866. The first-order chi connectivity index (χ1) is 6.47. The van der Waals surface area contributed by atoms with Crippen molar-refractivity contribution in [1.29, 1.82) is 0 Å². The summed E-state index contributed by atoms with van der Waals surface area (Å²) in [5.41, 5.74) is 0. The Morgan fingerprint density at radius 1 is 1.64 bits per heavy atom. The topological polar surface area (TPSA) is 46.2 Å². The monoisotopic (exact) mass is 317 g/mol. The minimum absolute atomic E-state index is 0.247. The van der Waals surface area contributed by atoms with E-state index in [4.69, 9.17) is 11.6 Å². The molecule has 0 bridgehead atoms. The molecule has 0 fully saturated rings. The van der Waals surface area contributed by atoms with Crippen LogP contribution in [0.3, 0.4) is 0 Å². The van der Waals surface area contributed by atoms with Gasteiger partial charge in [-0.15, -0.1) is 22.9 Å². The Morgan fingerprint density at radius 2 is 2.29 bits per heavy atom. The number of alkyl halides is 1. The molecule has 0 spiro atoms. The average Bonchev–Trinajstić information content (AvgIpc) is 2.42. The highest BCUT2D eigenvalue weighted by Gasteiger charge is 2.18. The first kappa shape index (κ1) is 12.4. The highest BCUT2D eigenvalue weighted by atomic mass is 79.9. The van der Waals surface area contributed by atoms with Crippen LogP contribution in [0.4, 0.5) is 0 Å². The molecular weight excluding hydrogens is 310 g/mol. The lowest BCUT2D eigenvalue weighted by Crippen LogP contribution is -2.25. The van der Waals surface area contributed by atoms with Gasteiger partial charge in [-0.2, -0.15) is 0 Å². The molecule has 0 radical (unpaired) electrons. The normalized spacial score (nSPS) is 11.9. The zero-order valence-corrected chi connectivity index (χ0v) is 11.4. The number of hydrogen-bond donors (Lipinski definition) is 1. The molecule has 1 aromatic rings. The predicted molar refractivity (Wildman–Crippen MR) is 62.7 cm³/mol. The molecule has 3 nitrogen and oxygen atoms in total. The van der Waals surface area contributed by atoms with Crippen molar-refractivity contribution in [3.05, 3.63) is 14.7 Å².